The van der Waals surface area contributed by atoms with Gasteiger partial charge in [0, 0.05) is 0 Å². The van der Waals surface area contributed by atoms with Crippen molar-refractivity contribution in [3.63, 3.8) is 0 Å². The van der Waals surface area contributed by atoms with Gasteiger partial charge >= 0.3 is 11.2 Å². The van der Waals surface area contributed by atoms with Crippen LogP contribution >= 0.6 is 0 Å². The summed E-state index contributed by atoms with van der Waals surface area (Å²) in [6.07, 6.45) is 4.05. The number of carbonyl (C=O) groups is 1. The zero-order valence-electron chi connectivity index (χ0n) is 21.2. The Morgan fingerprint density at radius 3 is 1.95 bits per heavy atom. The van der Waals surface area contributed by atoms with Gasteiger partial charge in [0.2, 0.25) is 10.3 Å². The molecule has 39 heavy (non-hydrogen) atoms. The van der Waals surface area contributed by atoms with Gasteiger partial charge in [0.05, 0.1) is 10.9 Å². The number of benzene rings is 2. The van der Waals surface area contributed by atoms with Gasteiger partial charge in [0.25, 0.3) is 0 Å². The van der Waals surface area contributed by atoms with Crippen LogP contribution in [0.15, 0.2) is 64.4 Å². The van der Waals surface area contributed by atoms with Crippen LogP contribution in [0.4, 0.5) is 8.78 Å². The second kappa shape index (κ2) is 10.3. The number of rotatable bonds is 10. The summed E-state index contributed by atoms with van der Waals surface area (Å²) in [7, 11) is -11.9. The second-order valence-electron chi connectivity index (χ2n) is 10.5. The van der Waals surface area contributed by atoms with Crippen LogP contribution in [0, 0.1) is 17.8 Å². The molecular formula is C26H29F2NO7S3. The molecule has 0 saturated heterocycles. The quantitative estimate of drug-likeness (QED) is 0.272. The molecule has 212 valence electrons. The molecular weight excluding hydrogens is 572 g/mol. The minimum absolute atomic E-state index is 0.250. The van der Waals surface area contributed by atoms with Gasteiger partial charge in [-0.2, -0.15) is 8.78 Å². The molecule has 4 saturated carbocycles. The Labute approximate surface area is 230 Å². The lowest BCUT2D eigenvalue weighted by Gasteiger charge is -2.55. The van der Waals surface area contributed by atoms with Gasteiger partial charge in [-0.3, -0.25) is 0 Å². The summed E-state index contributed by atoms with van der Waals surface area (Å²) in [4.78, 5) is 14.4. The molecule has 0 radical (unpaired) electrons. The Bertz CT molecular complexity index is 1400. The van der Waals surface area contributed by atoms with Gasteiger partial charge in [0.1, 0.15) is 17.1 Å². The minimum Gasteiger partial charge on any atom is -0.454 e. The number of halogens is 2. The largest absolute Gasteiger partial charge is 0.454 e. The average Bonchev–Trinajstić information content (AvgIpc) is 2.84. The number of nitrogens with zero attached hydrogens (tertiary/aromatic N) is 1. The minimum atomic E-state index is -6.18. The number of sulfonamides is 1. The normalized spacial score (nSPS) is 27.2. The standard InChI is InChI=1S/C26H29F2NO7S3/c1-2-37(22-6-4-3-5-7-22)23-10-8-21(9-11-23)36-39(33,34)29-38(31,32)26(27,28)24(30)35-25-15-18-12-19(16-25)14-20(13-18)17-25/h3-11,18-20H,2,12-17H2,1H3. The van der Waals surface area contributed by atoms with Crippen molar-refractivity contribution in [2.75, 3.05) is 5.75 Å². The van der Waals surface area contributed by atoms with Crippen LogP contribution in [0.25, 0.3) is 4.13 Å². The molecule has 0 N–H and O–H groups in total. The predicted octanol–water partition coefficient (Wildman–Crippen LogP) is 5.17. The maximum Gasteiger partial charge on any atom is 0.424 e. The Balaban J connectivity index is 1.25. The highest BCUT2D eigenvalue weighted by Gasteiger charge is 2.58. The van der Waals surface area contributed by atoms with E-state index in [9.17, 15) is 30.4 Å². The first-order valence-electron chi connectivity index (χ1n) is 12.7. The number of hydrogen-bond donors (Lipinski definition) is 0. The van der Waals surface area contributed by atoms with Gasteiger partial charge in [-0.05, 0) is 99.6 Å². The van der Waals surface area contributed by atoms with Crippen molar-refractivity contribution in [2.45, 2.75) is 66.1 Å². The van der Waals surface area contributed by atoms with Crippen molar-refractivity contribution in [1.82, 2.24) is 0 Å². The van der Waals surface area contributed by atoms with E-state index in [1.807, 2.05) is 37.3 Å². The maximum absolute atomic E-state index is 14.8. The number of esters is 1. The highest BCUT2D eigenvalue weighted by Crippen LogP contribution is 2.57. The average molecular weight is 602 g/mol. The SMILES string of the molecule is CC[S+](c1ccccc1)c1ccc(OS(=O)(=O)[N-]S(=O)(=O)C(F)(F)C(=O)OC23CC4CC(CC(C4)C2)C3)cc1. The number of ether oxygens (including phenoxy) is 1. The van der Waals surface area contributed by atoms with Crippen LogP contribution in [-0.4, -0.2) is 39.4 Å². The van der Waals surface area contributed by atoms with E-state index in [4.69, 9.17) is 4.74 Å². The van der Waals surface area contributed by atoms with Crippen molar-refractivity contribution in [3.05, 3.63) is 58.7 Å². The topological polar surface area (TPSA) is 118 Å². The van der Waals surface area contributed by atoms with Crippen molar-refractivity contribution >= 4 is 37.2 Å². The van der Waals surface area contributed by atoms with Crippen LogP contribution in [-0.2, 0) is 40.8 Å². The van der Waals surface area contributed by atoms with Crippen LogP contribution in [0.1, 0.15) is 45.4 Å². The highest BCUT2D eigenvalue weighted by atomic mass is 32.3. The molecule has 6 rings (SSSR count). The van der Waals surface area contributed by atoms with E-state index in [0.717, 1.165) is 34.8 Å². The third kappa shape index (κ3) is 5.82. The van der Waals surface area contributed by atoms with E-state index in [2.05, 4.69) is 8.31 Å². The predicted molar refractivity (Wildman–Crippen MR) is 141 cm³/mol. The Hall–Kier alpha value is -2.22. The lowest BCUT2D eigenvalue weighted by molar-refractivity contribution is -0.201. The van der Waals surface area contributed by atoms with Crippen molar-refractivity contribution in [3.8, 4) is 5.75 Å². The molecule has 4 fully saturated rings. The monoisotopic (exact) mass is 601 g/mol. The highest BCUT2D eigenvalue weighted by molar-refractivity contribution is 8.11. The Morgan fingerprint density at radius 1 is 0.923 bits per heavy atom. The fraction of sp³-hybridized carbons (Fsp3) is 0.500. The van der Waals surface area contributed by atoms with E-state index in [0.29, 0.717) is 19.3 Å². The molecule has 4 aliphatic carbocycles. The number of carbonyl (C=O) groups excluding carboxylic acids is 1. The summed E-state index contributed by atoms with van der Waals surface area (Å²) in [5.74, 6) is -1.09. The summed E-state index contributed by atoms with van der Waals surface area (Å²) in [6, 6.07) is 15.4. The van der Waals surface area contributed by atoms with Crippen LogP contribution in [0.3, 0.4) is 0 Å². The Morgan fingerprint density at radius 2 is 1.44 bits per heavy atom. The molecule has 4 aliphatic rings. The molecule has 2 aromatic carbocycles. The maximum atomic E-state index is 14.8. The first-order chi connectivity index (χ1) is 18.3. The summed E-state index contributed by atoms with van der Waals surface area (Å²) in [5.41, 5.74) is -1.14. The zero-order valence-corrected chi connectivity index (χ0v) is 23.6. The van der Waals surface area contributed by atoms with Crippen molar-refractivity contribution in [2.24, 2.45) is 17.8 Å². The summed E-state index contributed by atoms with van der Waals surface area (Å²) in [6.45, 7) is 2.00. The van der Waals surface area contributed by atoms with E-state index in [1.165, 1.54) is 12.1 Å². The number of hydrogen-bond acceptors (Lipinski definition) is 7. The lowest BCUT2D eigenvalue weighted by atomic mass is 9.54. The molecule has 0 heterocycles. The van der Waals surface area contributed by atoms with Gasteiger partial charge in [-0.1, -0.05) is 18.2 Å². The molecule has 0 aliphatic heterocycles. The third-order valence-electron chi connectivity index (χ3n) is 7.67. The zero-order chi connectivity index (χ0) is 28.1. The molecule has 0 aromatic heterocycles. The molecule has 13 heteroatoms. The van der Waals surface area contributed by atoms with E-state index >= 15 is 0 Å². The van der Waals surface area contributed by atoms with Crippen molar-refractivity contribution in [1.29, 1.82) is 0 Å². The van der Waals surface area contributed by atoms with Crippen LogP contribution in [0.5, 0.6) is 5.75 Å². The molecule has 0 spiro atoms. The van der Waals surface area contributed by atoms with E-state index < -0.39 is 37.2 Å². The number of alkyl halides is 2. The lowest BCUT2D eigenvalue weighted by Crippen LogP contribution is -2.55. The molecule has 0 amide bonds. The van der Waals surface area contributed by atoms with Gasteiger partial charge in [-0.15, -0.1) is 0 Å². The smallest absolute Gasteiger partial charge is 0.424 e. The van der Waals surface area contributed by atoms with Gasteiger partial charge in [0.15, 0.2) is 19.8 Å². The van der Waals surface area contributed by atoms with Crippen LogP contribution < -0.4 is 4.18 Å². The molecule has 1 unspecified atom stereocenters. The summed E-state index contributed by atoms with van der Waals surface area (Å²) >= 11 is 0. The summed E-state index contributed by atoms with van der Waals surface area (Å²) < 4.78 is 91.1. The third-order valence-corrected chi connectivity index (χ3v) is 12.7. The van der Waals surface area contributed by atoms with Crippen LogP contribution in [0.2, 0.25) is 0 Å². The summed E-state index contributed by atoms with van der Waals surface area (Å²) in [5, 5.41) is -5.19. The van der Waals surface area contributed by atoms with Crippen molar-refractivity contribution < 1.29 is 39.3 Å². The van der Waals surface area contributed by atoms with E-state index in [-0.39, 0.29) is 34.4 Å². The first kappa shape index (κ1) is 28.3. The Kier molecular flexibility index (Phi) is 7.49. The molecule has 1 atom stereocenters. The first-order valence-corrected chi connectivity index (χ1v) is 16.9. The van der Waals surface area contributed by atoms with Gasteiger partial charge < -0.3 is 13.0 Å². The van der Waals surface area contributed by atoms with Gasteiger partial charge in [-0.25, -0.2) is 21.6 Å². The fourth-order valence-electron chi connectivity index (χ4n) is 6.53. The van der Waals surface area contributed by atoms with E-state index in [1.54, 1.807) is 12.1 Å². The molecule has 2 aromatic rings. The molecule has 8 nitrogen and oxygen atoms in total. The molecule has 4 bridgehead atoms. The fourth-order valence-corrected chi connectivity index (χ4v) is 10.5. The second-order valence-corrected chi connectivity index (χ2v) is 15.9.